The molecule has 16 heavy (non-hydrogen) atoms. The molecule has 0 aliphatic heterocycles. The minimum atomic E-state index is -0.992. The van der Waals surface area contributed by atoms with Gasteiger partial charge < -0.3 is 5.11 Å². The van der Waals surface area contributed by atoms with Crippen molar-refractivity contribution in [3.8, 4) is 0 Å². The van der Waals surface area contributed by atoms with Gasteiger partial charge in [-0.15, -0.1) is 0 Å². The Morgan fingerprint density at radius 2 is 2.06 bits per heavy atom. The summed E-state index contributed by atoms with van der Waals surface area (Å²) in [4.78, 5) is 11.6. The molecule has 86 valence electrons. The molecule has 0 radical (unpaired) electrons. The summed E-state index contributed by atoms with van der Waals surface area (Å²) in [6, 6.07) is 6.11. The Morgan fingerprint density at radius 3 is 2.75 bits per heavy atom. The zero-order valence-corrected chi connectivity index (χ0v) is 9.03. The van der Waals surface area contributed by atoms with E-state index in [2.05, 4.69) is 0 Å². The molecule has 1 aliphatic rings. The summed E-state index contributed by atoms with van der Waals surface area (Å²) in [5.41, 5.74) is 0.239. The van der Waals surface area contributed by atoms with Crippen molar-refractivity contribution in [2.45, 2.75) is 31.8 Å². The number of carbonyl (C=O) groups is 1. The van der Waals surface area contributed by atoms with Crippen LogP contribution in [0.15, 0.2) is 24.3 Å². The summed E-state index contributed by atoms with van der Waals surface area (Å²) in [7, 11) is 0. The molecule has 0 aromatic heterocycles. The van der Waals surface area contributed by atoms with Crippen LogP contribution < -0.4 is 0 Å². The quantitative estimate of drug-likeness (QED) is 0.835. The van der Waals surface area contributed by atoms with E-state index in [1.54, 1.807) is 18.2 Å². The monoisotopic (exact) mass is 222 g/mol. The zero-order chi connectivity index (χ0) is 11.5. The van der Waals surface area contributed by atoms with E-state index in [4.69, 9.17) is 0 Å². The van der Waals surface area contributed by atoms with Crippen LogP contribution in [-0.4, -0.2) is 10.9 Å². The van der Waals surface area contributed by atoms with Crippen LogP contribution in [0.4, 0.5) is 4.39 Å². The number of halogens is 1. The number of hydrogen-bond donors (Lipinski definition) is 1. The molecule has 2 rings (SSSR count). The number of benzene rings is 1. The van der Waals surface area contributed by atoms with Crippen molar-refractivity contribution in [3.05, 3.63) is 35.6 Å². The molecule has 0 unspecified atom stereocenters. The average molecular weight is 222 g/mol. The number of aliphatic hydroxyl groups excluding tert-OH is 1. The summed E-state index contributed by atoms with van der Waals surface area (Å²) >= 11 is 0. The Balaban J connectivity index is 2.21. The molecule has 0 spiro atoms. The fraction of sp³-hybridized carbons (Fsp3) is 0.462. The van der Waals surface area contributed by atoms with E-state index in [0.29, 0.717) is 12.8 Å². The molecular formula is C13H15FO2. The predicted molar refractivity (Wildman–Crippen MR) is 58.3 cm³/mol. The second-order valence-electron chi connectivity index (χ2n) is 4.28. The smallest absolute Gasteiger partial charge is 0.138 e. The lowest BCUT2D eigenvalue weighted by molar-refractivity contribution is -0.128. The average Bonchev–Trinajstić information content (AvgIpc) is 2.29. The first kappa shape index (κ1) is 11.3. The molecule has 2 nitrogen and oxygen atoms in total. The van der Waals surface area contributed by atoms with E-state index in [-0.39, 0.29) is 11.3 Å². The molecule has 1 aliphatic carbocycles. The van der Waals surface area contributed by atoms with Crippen LogP contribution in [0.3, 0.4) is 0 Å². The predicted octanol–water partition coefficient (Wildman–Crippen LogP) is 2.62. The standard InChI is InChI=1S/C13H15FO2/c14-11-7-3-1-5-9(11)13(16)10-6-2-4-8-12(10)15/h1,3,5,7,10,13,16H,2,4,6,8H2/t10-,13+/m0/s1. The van der Waals surface area contributed by atoms with Gasteiger partial charge in [0.05, 0.1) is 6.10 Å². The third-order valence-electron chi connectivity index (χ3n) is 3.21. The molecule has 0 bridgehead atoms. The Bertz CT molecular complexity index is 389. The van der Waals surface area contributed by atoms with Crippen molar-refractivity contribution in [1.29, 1.82) is 0 Å². The molecule has 1 fully saturated rings. The fourth-order valence-corrected chi connectivity index (χ4v) is 2.28. The van der Waals surface area contributed by atoms with Crippen molar-refractivity contribution in [1.82, 2.24) is 0 Å². The number of hydrogen-bond acceptors (Lipinski definition) is 2. The van der Waals surface area contributed by atoms with E-state index in [9.17, 15) is 14.3 Å². The summed E-state index contributed by atoms with van der Waals surface area (Å²) in [6.45, 7) is 0. The zero-order valence-electron chi connectivity index (χ0n) is 9.03. The Labute approximate surface area is 94.1 Å². The van der Waals surface area contributed by atoms with Crippen molar-refractivity contribution < 1.29 is 14.3 Å². The van der Waals surface area contributed by atoms with Crippen LogP contribution >= 0.6 is 0 Å². The maximum atomic E-state index is 13.5. The molecule has 2 atom stereocenters. The van der Waals surface area contributed by atoms with E-state index < -0.39 is 17.8 Å². The van der Waals surface area contributed by atoms with Crippen LogP contribution in [-0.2, 0) is 4.79 Å². The summed E-state index contributed by atoms with van der Waals surface area (Å²) < 4.78 is 13.5. The van der Waals surface area contributed by atoms with Crippen molar-refractivity contribution in [2.75, 3.05) is 0 Å². The first-order valence-electron chi connectivity index (χ1n) is 5.65. The number of ketones is 1. The molecule has 1 saturated carbocycles. The number of aliphatic hydroxyl groups is 1. The fourth-order valence-electron chi connectivity index (χ4n) is 2.28. The molecule has 1 aromatic carbocycles. The van der Waals surface area contributed by atoms with Gasteiger partial charge in [-0.25, -0.2) is 4.39 Å². The lowest BCUT2D eigenvalue weighted by Crippen LogP contribution is -2.26. The van der Waals surface area contributed by atoms with Gasteiger partial charge in [-0.05, 0) is 18.9 Å². The van der Waals surface area contributed by atoms with Gasteiger partial charge in [0.15, 0.2) is 0 Å². The largest absolute Gasteiger partial charge is 0.388 e. The van der Waals surface area contributed by atoms with Gasteiger partial charge in [0, 0.05) is 17.9 Å². The Morgan fingerprint density at radius 1 is 1.31 bits per heavy atom. The highest BCUT2D eigenvalue weighted by Crippen LogP contribution is 2.32. The lowest BCUT2D eigenvalue weighted by atomic mass is 9.81. The molecule has 1 aromatic rings. The van der Waals surface area contributed by atoms with Crippen molar-refractivity contribution >= 4 is 5.78 Å². The second-order valence-corrected chi connectivity index (χ2v) is 4.28. The Hall–Kier alpha value is -1.22. The maximum Gasteiger partial charge on any atom is 0.138 e. The van der Waals surface area contributed by atoms with E-state index in [0.717, 1.165) is 12.8 Å². The number of carbonyl (C=O) groups excluding carboxylic acids is 1. The minimum absolute atomic E-state index is 0.0574. The molecule has 0 saturated heterocycles. The van der Waals surface area contributed by atoms with Crippen molar-refractivity contribution in [2.24, 2.45) is 5.92 Å². The summed E-state index contributed by atoms with van der Waals surface area (Å²) in [5.74, 6) is -0.805. The number of Topliss-reactive ketones (excluding diaryl/α,β-unsaturated/α-hetero) is 1. The second kappa shape index (κ2) is 4.74. The normalized spacial score (nSPS) is 23.1. The molecule has 0 amide bonds. The van der Waals surface area contributed by atoms with Gasteiger partial charge in [-0.3, -0.25) is 4.79 Å². The van der Waals surface area contributed by atoms with Gasteiger partial charge in [0.1, 0.15) is 11.6 Å². The first-order valence-corrected chi connectivity index (χ1v) is 5.65. The van der Waals surface area contributed by atoms with Crippen molar-refractivity contribution in [3.63, 3.8) is 0 Å². The Kier molecular flexibility index (Phi) is 3.34. The third-order valence-corrected chi connectivity index (χ3v) is 3.21. The topological polar surface area (TPSA) is 37.3 Å². The summed E-state index contributed by atoms with van der Waals surface area (Å²) in [5, 5.41) is 10.0. The molecular weight excluding hydrogens is 207 g/mol. The highest BCUT2D eigenvalue weighted by atomic mass is 19.1. The number of rotatable bonds is 2. The first-order chi connectivity index (χ1) is 7.70. The minimum Gasteiger partial charge on any atom is -0.388 e. The van der Waals surface area contributed by atoms with Gasteiger partial charge >= 0.3 is 0 Å². The van der Waals surface area contributed by atoms with Crippen LogP contribution in [0.25, 0.3) is 0 Å². The van der Waals surface area contributed by atoms with Crippen LogP contribution in [0.5, 0.6) is 0 Å². The highest BCUT2D eigenvalue weighted by molar-refractivity contribution is 5.82. The maximum absolute atomic E-state index is 13.5. The third kappa shape index (κ3) is 2.14. The van der Waals surface area contributed by atoms with Gasteiger partial charge in [-0.2, -0.15) is 0 Å². The summed E-state index contributed by atoms with van der Waals surface area (Å²) in [6.07, 6.45) is 2.00. The molecule has 0 heterocycles. The SMILES string of the molecule is O=C1CCCC[C@@H]1[C@H](O)c1ccccc1F. The van der Waals surface area contributed by atoms with Crippen LogP contribution in [0.2, 0.25) is 0 Å². The molecule has 3 heteroatoms. The van der Waals surface area contributed by atoms with E-state index >= 15 is 0 Å². The van der Waals surface area contributed by atoms with Gasteiger partial charge in [0.25, 0.3) is 0 Å². The van der Waals surface area contributed by atoms with E-state index in [1.165, 1.54) is 6.07 Å². The van der Waals surface area contributed by atoms with Crippen LogP contribution in [0.1, 0.15) is 37.4 Å². The van der Waals surface area contributed by atoms with E-state index in [1.807, 2.05) is 0 Å². The van der Waals surface area contributed by atoms with Crippen LogP contribution in [0, 0.1) is 11.7 Å². The highest BCUT2D eigenvalue weighted by Gasteiger charge is 2.31. The molecule has 1 N–H and O–H groups in total. The van der Waals surface area contributed by atoms with Gasteiger partial charge in [-0.1, -0.05) is 24.6 Å². The lowest BCUT2D eigenvalue weighted by Gasteiger charge is -2.25. The van der Waals surface area contributed by atoms with Gasteiger partial charge in [0.2, 0.25) is 0 Å².